The molecular weight excluding hydrogens is 446 g/mol. The van der Waals surface area contributed by atoms with Crippen molar-refractivity contribution in [3.63, 3.8) is 0 Å². The quantitative estimate of drug-likeness (QED) is 0.423. The van der Waals surface area contributed by atoms with Crippen LogP contribution in [0.2, 0.25) is 5.02 Å². The van der Waals surface area contributed by atoms with E-state index in [-0.39, 0.29) is 17.2 Å². The maximum absolute atomic E-state index is 12.5. The molecule has 3 heterocycles. The fourth-order valence-corrected chi connectivity index (χ4v) is 4.32. The van der Waals surface area contributed by atoms with Crippen LogP contribution in [0.1, 0.15) is 5.56 Å². The number of rotatable bonds is 6. The standard InChI is InChI=1S/C19H16ClN5O3S2/c1-10-6-12(15(28-2)7-11(10)20)21-17(26)9-30-19-23-22-18(27)14-8-13(24-25(14)19)16-4-3-5-29-16/h3-8H,9H2,1-2H3,(H,21,26)(H,22,27). The van der Waals surface area contributed by atoms with Gasteiger partial charge in [-0.15, -0.1) is 16.4 Å². The number of fused-ring (bicyclic) bond motifs is 1. The summed E-state index contributed by atoms with van der Waals surface area (Å²) < 4.78 is 6.74. The average Bonchev–Trinajstić information content (AvgIpc) is 3.40. The monoisotopic (exact) mass is 461 g/mol. The Balaban J connectivity index is 1.54. The van der Waals surface area contributed by atoms with Crippen LogP contribution < -0.4 is 15.6 Å². The van der Waals surface area contributed by atoms with Crippen molar-refractivity contribution in [3.05, 3.63) is 56.7 Å². The van der Waals surface area contributed by atoms with E-state index >= 15 is 0 Å². The largest absolute Gasteiger partial charge is 0.495 e. The van der Waals surface area contributed by atoms with Gasteiger partial charge in [0, 0.05) is 11.1 Å². The summed E-state index contributed by atoms with van der Waals surface area (Å²) in [6.07, 6.45) is 0. The maximum Gasteiger partial charge on any atom is 0.290 e. The van der Waals surface area contributed by atoms with Crippen LogP contribution in [-0.2, 0) is 4.79 Å². The van der Waals surface area contributed by atoms with E-state index in [1.54, 1.807) is 18.2 Å². The number of amides is 1. The second-order valence-electron chi connectivity index (χ2n) is 6.28. The van der Waals surface area contributed by atoms with E-state index in [1.165, 1.54) is 23.0 Å². The number of hydrogen-bond acceptors (Lipinski definition) is 7. The third-order valence-electron chi connectivity index (χ3n) is 4.24. The number of nitrogens with one attached hydrogen (secondary N) is 2. The van der Waals surface area contributed by atoms with Gasteiger partial charge in [-0.2, -0.15) is 5.10 Å². The number of carbonyl (C=O) groups excluding carboxylic acids is 1. The Hall–Kier alpha value is -2.82. The number of nitrogens with zero attached hydrogens (tertiary/aromatic N) is 3. The minimum absolute atomic E-state index is 0.0627. The SMILES string of the molecule is COc1cc(Cl)c(C)cc1NC(=O)CSc1n[nH]c(=O)c2cc(-c3cccs3)nn12. The van der Waals surface area contributed by atoms with E-state index in [9.17, 15) is 9.59 Å². The van der Waals surface area contributed by atoms with Crippen LogP contribution in [0.25, 0.3) is 16.1 Å². The predicted octanol–water partition coefficient (Wildman–Crippen LogP) is 3.85. The van der Waals surface area contributed by atoms with Gasteiger partial charge >= 0.3 is 0 Å². The number of thiophene rings is 1. The molecule has 1 amide bonds. The molecule has 1 aromatic carbocycles. The van der Waals surface area contributed by atoms with Crippen LogP contribution in [0, 0.1) is 6.92 Å². The second kappa shape index (κ2) is 8.50. The van der Waals surface area contributed by atoms with E-state index < -0.39 is 0 Å². The molecule has 0 aliphatic carbocycles. The van der Waals surface area contributed by atoms with E-state index in [2.05, 4.69) is 20.6 Å². The van der Waals surface area contributed by atoms with Crippen molar-refractivity contribution in [3.8, 4) is 16.3 Å². The van der Waals surface area contributed by atoms with Crippen molar-refractivity contribution in [1.82, 2.24) is 19.8 Å². The summed E-state index contributed by atoms with van der Waals surface area (Å²) in [5.74, 6) is 0.278. The lowest BCUT2D eigenvalue weighted by Crippen LogP contribution is -2.17. The molecule has 0 radical (unpaired) electrons. The van der Waals surface area contributed by atoms with E-state index in [0.717, 1.165) is 22.2 Å². The van der Waals surface area contributed by atoms with Gasteiger partial charge in [0.15, 0.2) is 0 Å². The van der Waals surface area contributed by atoms with Gasteiger partial charge in [0.2, 0.25) is 11.1 Å². The van der Waals surface area contributed by atoms with Crippen molar-refractivity contribution in [2.75, 3.05) is 18.2 Å². The number of anilines is 1. The summed E-state index contributed by atoms with van der Waals surface area (Å²) in [7, 11) is 1.51. The molecule has 30 heavy (non-hydrogen) atoms. The first-order valence-corrected chi connectivity index (χ1v) is 11.0. The van der Waals surface area contributed by atoms with Crippen molar-refractivity contribution >= 4 is 51.8 Å². The number of ether oxygens (including phenoxy) is 1. The third-order valence-corrected chi connectivity index (χ3v) is 6.47. The van der Waals surface area contributed by atoms with Crippen molar-refractivity contribution in [2.45, 2.75) is 12.1 Å². The summed E-state index contributed by atoms with van der Waals surface area (Å²) >= 11 is 8.79. The Labute approximate surface area is 184 Å². The lowest BCUT2D eigenvalue weighted by Gasteiger charge is -2.12. The molecule has 4 rings (SSSR count). The van der Waals surface area contributed by atoms with Crippen LogP contribution in [-0.4, -0.2) is 38.6 Å². The zero-order valence-electron chi connectivity index (χ0n) is 15.9. The first kappa shape index (κ1) is 20.5. The van der Waals surface area contributed by atoms with E-state index in [0.29, 0.717) is 32.8 Å². The Bertz CT molecular complexity index is 1280. The Kier molecular flexibility index (Phi) is 5.80. The number of aryl methyl sites for hydroxylation is 1. The van der Waals surface area contributed by atoms with Crippen molar-refractivity contribution in [1.29, 1.82) is 0 Å². The zero-order valence-corrected chi connectivity index (χ0v) is 18.3. The Morgan fingerprint density at radius 1 is 1.40 bits per heavy atom. The fourth-order valence-electron chi connectivity index (χ4n) is 2.78. The molecule has 0 spiro atoms. The van der Waals surface area contributed by atoms with Gasteiger partial charge in [0.05, 0.1) is 23.4 Å². The van der Waals surface area contributed by atoms with Crippen LogP contribution >= 0.6 is 34.7 Å². The predicted molar refractivity (Wildman–Crippen MR) is 119 cm³/mol. The highest BCUT2D eigenvalue weighted by molar-refractivity contribution is 7.99. The number of aromatic nitrogens is 4. The van der Waals surface area contributed by atoms with Gasteiger partial charge in [-0.05, 0) is 36.1 Å². The average molecular weight is 462 g/mol. The second-order valence-corrected chi connectivity index (χ2v) is 8.58. The lowest BCUT2D eigenvalue weighted by molar-refractivity contribution is -0.113. The van der Waals surface area contributed by atoms with E-state index in [1.807, 2.05) is 24.4 Å². The summed E-state index contributed by atoms with van der Waals surface area (Å²) in [6.45, 7) is 1.84. The van der Waals surface area contributed by atoms with E-state index in [4.69, 9.17) is 16.3 Å². The normalized spacial score (nSPS) is 11.0. The number of methoxy groups -OCH3 is 1. The molecule has 0 atom stereocenters. The lowest BCUT2D eigenvalue weighted by atomic mass is 10.2. The number of halogens is 1. The highest BCUT2D eigenvalue weighted by atomic mass is 35.5. The summed E-state index contributed by atoms with van der Waals surface area (Å²) in [5.41, 5.74) is 2.05. The molecule has 0 bridgehead atoms. The molecule has 3 aromatic heterocycles. The van der Waals surface area contributed by atoms with Gasteiger partial charge < -0.3 is 10.1 Å². The van der Waals surface area contributed by atoms with Crippen LogP contribution in [0.5, 0.6) is 5.75 Å². The van der Waals surface area contributed by atoms with Crippen molar-refractivity contribution in [2.24, 2.45) is 0 Å². The molecule has 0 fully saturated rings. The minimum atomic E-state index is -0.347. The number of benzene rings is 1. The highest BCUT2D eigenvalue weighted by Crippen LogP contribution is 2.31. The number of thioether (sulfide) groups is 1. The van der Waals surface area contributed by atoms with Gasteiger partial charge in [0.25, 0.3) is 5.56 Å². The number of hydrogen-bond donors (Lipinski definition) is 2. The number of aromatic amines is 1. The third kappa shape index (κ3) is 4.07. The topological polar surface area (TPSA) is 101 Å². The molecule has 0 aliphatic rings. The molecule has 0 saturated carbocycles. The molecule has 2 N–H and O–H groups in total. The molecule has 8 nitrogen and oxygen atoms in total. The molecule has 0 unspecified atom stereocenters. The summed E-state index contributed by atoms with van der Waals surface area (Å²) in [4.78, 5) is 25.6. The van der Waals surface area contributed by atoms with Gasteiger partial charge in [-0.1, -0.05) is 29.4 Å². The number of carbonyl (C=O) groups is 1. The number of H-pyrrole nitrogens is 1. The minimum Gasteiger partial charge on any atom is -0.495 e. The smallest absolute Gasteiger partial charge is 0.290 e. The molecule has 0 aliphatic heterocycles. The Morgan fingerprint density at radius 3 is 2.97 bits per heavy atom. The molecular formula is C19H16ClN5O3S2. The van der Waals surface area contributed by atoms with Crippen molar-refractivity contribution < 1.29 is 9.53 Å². The van der Waals surface area contributed by atoms with Crippen LogP contribution in [0.15, 0.2) is 45.7 Å². The van der Waals surface area contributed by atoms with Gasteiger partial charge in [-0.25, -0.2) is 9.61 Å². The van der Waals surface area contributed by atoms with Gasteiger partial charge in [0.1, 0.15) is 17.0 Å². The van der Waals surface area contributed by atoms with Crippen LogP contribution in [0.4, 0.5) is 5.69 Å². The Morgan fingerprint density at radius 2 is 2.23 bits per heavy atom. The zero-order chi connectivity index (χ0) is 21.3. The summed E-state index contributed by atoms with van der Waals surface area (Å²) in [6, 6.07) is 8.95. The van der Waals surface area contributed by atoms with Gasteiger partial charge in [-0.3, -0.25) is 9.59 Å². The first-order valence-electron chi connectivity index (χ1n) is 8.75. The highest BCUT2D eigenvalue weighted by Gasteiger charge is 2.15. The van der Waals surface area contributed by atoms with Crippen LogP contribution in [0.3, 0.4) is 0 Å². The molecule has 11 heteroatoms. The maximum atomic E-state index is 12.5. The first-order chi connectivity index (χ1) is 14.5. The molecule has 0 saturated heterocycles. The molecule has 4 aromatic rings. The fraction of sp³-hybridized carbons (Fsp3) is 0.158. The summed E-state index contributed by atoms with van der Waals surface area (Å²) in [5, 5.41) is 16.7. The molecule has 154 valence electrons.